The fourth-order valence-electron chi connectivity index (χ4n) is 4.30. The molecular weight excluding hydrogens is 258 g/mol. The third kappa shape index (κ3) is 4.67. The van der Waals surface area contributed by atoms with E-state index in [0.29, 0.717) is 5.41 Å². The highest BCUT2D eigenvalue weighted by Gasteiger charge is 2.36. The van der Waals surface area contributed by atoms with Crippen LogP contribution in [0, 0.1) is 5.41 Å². The normalized spacial score (nSPS) is 27.9. The molecule has 1 aliphatic heterocycles. The number of nitrogens with zero attached hydrogens (tertiary/aromatic N) is 2. The minimum Gasteiger partial charge on any atom is -0.313 e. The molecule has 0 radical (unpaired) electrons. The van der Waals surface area contributed by atoms with Gasteiger partial charge in [-0.05, 0) is 44.1 Å². The van der Waals surface area contributed by atoms with Crippen molar-refractivity contribution in [2.24, 2.45) is 5.41 Å². The molecule has 1 N–H and O–H groups in total. The van der Waals surface area contributed by atoms with Crippen LogP contribution in [0.25, 0.3) is 0 Å². The molecule has 1 heterocycles. The molecule has 1 saturated heterocycles. The maximum atomic E-state index is 3.85. The second kappa shape index (κ2) is 7.43. The first-order valence-corrected chi connectivity index (χ1v) is 9.48. The van der Waals surface area contributed by atoms with Crippen LogP contribution in [0.4, 0.5) is 0 Å². The lowest BCUT2D eigenvalue weighted by Gasteiger charge is -2.44. The van der Waals surface area contributed by atoms with Gasteiger partial charge in [0.25, 0.3) is 0 Å². The Hall–Kier alpha value is -0.120. The fourth-order valence-corrected chi connectivity index (χ4v) is 4.30. The quantitative estimate of drug-likeness (QED) is 0.778. The molecule has 0 aromatic heterocycles. The molecular formula is C18H35N3. The van der Waals surface area contributed by atoms with Crippen molar-refractivity contribution in [1.29, 1.82) is 0 Å². The van der Waals surface area contributed by atoms with Crippen molar-refractivity contribution in [3.8, 4) is 0 Å². The molecule has 3 heteroatoms. The van der Waals surface area contributed by atoms with Gasteiger partial charge in [0.2, 0.25) is 0 Å². The van der Waals surface area contributed by atoms with E-state index in [1.165, 1.54) is 97.2 Å². The van der Waals surface area contributed by atoms with Gasteiger partial charge in [-0.15, -0.1) is 0 Å². The lowest BCUT2D eigenvalue weighted by molar-refractivity contribution is 0.0618. The first-order valence-electron chi connectivity index (χ1n) is 9.48. The zero-order valence-corrected chi connectivity index (χ0v) is 14.1. The van der Waals surface area contributed by atoms with Crippen LogP contribution < -0.4 is 5.32 Å². The average molecular weight is 293 g/mol. The summed E-state index contributed by atoms with van der Waals surface area (Å²) < 4.78 is 0. The summed E-state index contributed by atoms with van der Waals surface area (Å²) in [5, 5.41) is 3.85. The Bertz CT molecular complexity index is 300. The Labute approximate surface area is 131 Å². The fraction of sp³-hybridized carbons (Fsp3) is 1.00. The van der Waals surface area contributed by atoms with Crippen LogP contribution in [-0.2, 0) is 0 Å². The van der Waals surface area contributed by atoms with E-state index in [9.17, 15) is 0 Å². The number of piperazine rings is 1. The van der Waals surface area contributed by atoms with E-state index in [-0.39, 0.29) is 0 Å². The Morgan fingerprint density at radius 2 is 1.62 bits per heavy atom. The molecule has 3 aliphatic rings. The van der Waals surface area contributed by atoms with Gasteiger partial charge in [0, 0.05) is 45.3 Å². The topological polar surface area (TPSA) is 18.5 Å². The summed E-state index contributed by atoms with van der Waals surface area (Å²) in [5.74, 6) is 0. The molecule has 2 aliphatic carbocycles. The number of hydrogen-bond acceptors (Lipinski definition) is 3. The molecule has 0 spiro atoms. The standard InChI is InChI=1S/C18H35N3/c1-2-10-20-11-13-21(14-12-20)16-18(8-4-3-5-9-18)15-19-17-6-7-17/h17,19H,2-16H2,1H3. The average Bonchev–Trinajstić information content (AvgIpc) is 3.33. The minimum atomic E-state index is 0.591. The molecule has 0 aromatic carbocycles. The van der Waals surface area contributed by atoms with Crippen LogP contribution in [0.1, 0.15) is 58.3 Å². The molecule has 3 nitrogen and oxygen atoms in total. The van der Waals surface area contributed by atoms with Gasteiger partial charge in [0.1, 0.15) is 0 Å². The van der Waals surface area contributed by atoms with Crippen molar-refractivity contribution < 1.29 is 0 Å². The van der Waals surface area contributed by atoms with Gasteiger partial charge in [0.15, 0.2) is 0 Å². The van der Waals surface area contributed by atoms with E-state index in [0.717, 1.165) is 6.04 Å². The van der Waals surface area contributed by atoms with Crippen LogP contribution in [0.3, 0.4) is 0 Å². The lowest BCUT2D eigenvalue weighted by Crippen LogP contribution is -2.52. The van der Waals surface area contributed by atoms with Crippen LogP contribution in [0.2, 0.25) is 0 Å². The molecule has 2 saturated carbocycles. The summed E-state index contributed by atoms with van der Waals surface area (Å²) in [5.41, 5.74) is 0.591. The van der Waals surface area contributed by atoms with Crippen molar-refractivity contribution >= 4 is 0 Å². The van der Waals surface area contributed by atoms with E-state index in [1.54, 1.807) is 0 Å². The Kier molecular flexibility index (Phi) is 5.58. The molecule has 122 valence electrons. The first kappa shape index (κ1) is 15.8. The molecule has 0 amide bonds. The van der Waals surface area contributed by atoms with Gasteiger partial charge in [0.05, 0.1) is 0 Å². The maximum absolute atomic E-state index is 3.85. The van der Waals surface area contributed by atoms with Gasteiger partial charge < -0.3 is 15.1 Å². The Morgan fingerprint density at radius 1 is 0.952 bits per heavy atom. The summed E-state index contributed by atoms with van der Waals surface area (Å²) in [4.78, 5) is 5.42. The molecule has 0 bridgehead atoms. The predicted molar refractivity (Wildman–Crippen MR) is 89.7 cm³/mol. The van der Waals surface area contributed by atoms with Gasteiger partial charge in [-0.25, -0.2) is 0 Å². The van der Waals surface area contributed by atoms with Crippen molar-refractivity contribution in [1.82, 2.24) is 15.1 Å². The summed E-state index contributed by atoms with van der Waals surface area (Å²) in [6, 6.07) is 0.866. The largest absolute Gasteiger partial charge is 0.313 e. The number of hydrogen-bond donors (Lipinski definition) is 1. The third-order valence-electron chi connectivity index (χ3n) is 5.82. The number of rotatable bonds is 7. The summed E-state index contributed by atoms with van der Waals surface area (Å²) in [6.07, 6.45) is 11.5. The van der Waals surface area contributed by atoms with Crippen molar-refractivity contribution in [2.45, 2.75) is 64.3 Å². The van der Waals surface area contributed by atoms with Gasteiger partial charge in [-0.2, -0.15) is 0 Å². The maximum Gasteiger partial charge on any atom is 0.0110 e. The highest BCUT2D eigenvalue weighted by Crippen LogP contribution is 2.37. The van der Waals surface area contributed by atoms with Gasteiger partial charge in [-0.1, -0.05) is 26.2 Å². The van der Waals surface area contributed by atoms with Crippen LogP contribution >= 0.6 is 0 Å². The van der Waals surface area contributed by atoms with Crippen molar-refractivity contribution in [3.05, 3.63) is 0 Å². The number of nitrogens with one attached hydrogen (secondary N) is 1. The molecule has 3 fully saturated rings. The highest BCUT2D eigenvalue weighted by molar-refractivity contribution is 4.92. The van der Waals surface area contributed by atoms with Gasteiger partial charge >= 0.3 is 0 Å². The van der Waals surface area contributed by atoms with Crippen LogP contribution in [0.15, 0.2) is 0 Å². The van der Waals surface area contributed by atoms with Crippen molar-refractivity contribution in [2.75, 3.05) is 45.8 Å². The lowest BCUT2D eigenvalue weighted by atomic mass is 9.73. The van der Waals surface area contributed by atoms with E-state index in [4.69, 9.17) is 0 Å². The minimum absolute atomic E-state index is 0.591. The van der Waals surface area contributed by atoms with Crippen molar-refractivity contribution in [3.63, 3.8) is 0 Å². The van der Waals surface area contributed by atoms with E-state index >= 15 is 0 Å². The SMILES string of the molecule is CCCN1CCN(CC2(CNC3CC3)CCCCC2)CC1. The zero-order valence-electron chi connectivity index (χ0n) is 14.1. The Balaban J connectivity index is 1.49. The molecule has 0 aromatic rings. The summed E-state index contributed by atoms with van der Waals surface area (Å²) in [6.45, 7) is 11.4. The van der Waals surface area contributed by atoms with Crippen LogP contribution in [0.5, 0.6) is 0 Å². The summed E-state index contributed by atoms with van der Waals surface area (Å²) >= 11 is 0. The second-order valence-corrected chi connectivity index (χ2v) is 7.83. The molecule has 3 rings (SSSR count). The summed E-state index contributed by atoms with van der Waals surface area (Å²) in [7, 11) is 0. The second-order valence-electron chi connectivity index (χ2n) is 7.83. The predicted octanol–water partition coefficient (Wildman–Crippen LogP) is 2.72. The zero-order chi connectivity index (χ0) is 14.5. The van der Waals surface area contributed by atoms with E-state index in [1.807, 2.05) is 0 Å². The molecule has 21 heavy (non-hydrogen) atoms. The Morgan fingerprint density at radius 3 is 2.24 bits per heavy atom. The van der Waals surface area contributed by atoms with E-state index in [2.05, 4.69) is 22.0 Å². The highest BCUT2D eigenvalue weighted by atomic mass is 15.3. The first-order chi connectivity index (χ1) is 10.3. The monoisotopic (exact) mass is 293 g/mol. The molecule has 0 atom stereocenters. The third-order valence-corrected chi connectivity index (χ3v) is 5.82. The van der Waals surface area contributed by atoms with Crippen LogP contribution in [-0.4, -0.2) is 61.7 Å². The molecule has 0 unspecified atom stereocenters. The smallest absolute Gasteiger partial charge is 0.0110 e. The van der Waals surface area contributed by atoms with Gasteiger partial charge in [-0.3, -0.25) is 0 Å². The van der Waals surface area contributed by atoms with E-state index < -0.39 is 0 Å².